The average Bonchev–Trinajstić information content (AvgIpc) is 2.76. The van der Waals surface area contributed by atoms with Crippen molar-refractivity contribution in [2.45, 2.75) is 51.1 Å². The van der Waals surface area contributed by atoms with Crippen molar-refractivity contribution in [2.75, 3.05) is 6.54 Å². The zero-order chi connectivity index (χ0) is 12.8. The Bertz CT molecular complexity index is 431. The summed E-state index contributed by atoms with van der Waals surface area (Å²) in [7, 11) is 0. The van der Waals surface area contributed by atoms with Crippen LogP contribution in [-0.2, 0) is 6.54 Å². The highest BCUT2D eigenvalue weighted by atomic mass is 19.3. The molecule has 0 aromatic carbocycles. The molecule has 1 atom stereocenters. The van der Waals surface area contributed by atoms with E-state index >= 15 is 0 Å². The first-order valence-corrected chi connectivity index (χ1v) is 6.68. The minimum Gasteiger partial charge on any atom is -0.309 e. The second-order valence-corrected chi connectivity index (χ2v) is 5.66. The maximum atomic E-state index is 13.3. The van der Waals surface area contributed by atoms with Crippen molar-refractivity contribution in [3.05, 3.63) is 18.0 Å². The van der Waals surface area contributed by atoms with E-state index in [0.29, 0.717) is 12.8 Å². The van der Waals surface area contributed by atoms with E-state index in [1.165, 1.54) is 0 Å². The lowest BCUT2D eigenvalue weighted by Gasteiger charge is -2.53. The lowest BCUT2D eigenvalue weighted by molar-refractivity contribution is -0.0955. The molecule has 1 saturated carbocycles. The molecule has 1 aliphatic heterocycles. The van der Waals surface area contributed by atoms with Gasteiger partial charge in [-0.25, -0.2) is 8.78 Å². The van der Waals surface area contributed by atoms with Crippen LogP contribution in [0, 0.1) is 5.41 Å². The third-order valence-corrected chi connectivity index (χ3v) is 4.56. The Hall–Kier alpha value is -0.970. The molecule has 1 spiro atoms. The second kappa shape index (κ2) is 4.02. The van der Waals surface area contributed by atoms with Crippen molar-refractivity contribution in [1.82, 2.24) is 15.1 Å². The molecular weight excluding hydrogens is 236 g/mol. The average molecular weight is 255 g/mol. The quantitative estimate of drug-likeness (QED) is 0.880. The lowest BCUT2D eigenvalue weighted by atomic mass is 9.62. The molecule has 100 valence electrons. The fourth-order valence-electron chi connectivity index (χ4n) is 3.24. The summed E-state index contributed by atoms with van der Waals surface area (Å²) in [4.78, 5) is 0. The van der Waals surface area contributed by atoms with Gasteiger partial charge in [-0.05, 0) is 19.8 Å². The zero-order valence-corrected chi connectivity index (χ0v) is 10.6. The fourth-order valence-corrected chi connectivity index (χ4v) is 3.24. The van der Waals surface area contributed by atoms with Crippen LogP contribution in [0.5, 0.6) is 0 Å². The smallest absolute Gasteiger partial charge is 0.248 e. The van der Waals surface area contributed by atoms with Crippen LogP contribution in [0.2, 0.25) is 0 Å². The van der Waals surface area contributed by atoms with Gasteiger partial charge >= 0.3 is 0 Å². The van der Waals surface area contributed by atoms with E-state index in [9.17, 15) is 8.78 Å². The van der Waals surface area contributed by atoms with Crippen LogP contribution in [0.4, 0.5) is 8.78 Å². The molecule has 2 fully saturated rings. The number of aromatic nitrogens is 2. The number of hydrogen-bond acceptors (Lipinski definition) is 2. The van der Waals surface area contributed by atoms with Crippen molar-refractivity contribution in [2.24, 2.45) is 5.41 Å². The van der Waals surface area contributed by atoms with Crippen LogP contribution in [-0.4, -0.2) is 22.2 Å². The van der Waals surface area contributed by atoms with Crippen molar-refractivity contribution in [3.8, 4) is 0 Å². The molecule has 2 heterocycles. The fraction of sp³-hybridized carbons (Fsp3) is 0.769. The van der Waals surface area contributed by atoms with Gasteiger partial charge in [0.2, 0.25) is 5.92 Å². The third kappa shape index (κ3) is 1.85. The van der Waals surface area contributed by atoms with Gasteiger partial charge in [0.05, 0.1) is 6.20 Å². The lowest BCUT2D eigenvalue weighted by Crippen LogP contribution is -2.58. The van der Waals surface area contributed by atoms with E-state index in [2.05, 4.69) is 10.4 Å². The molecule has 1 aliphatic carbocycles. The van der Waals surface area contributed by atoms with Gasteiger partial charge in [-0.1, -0.05) is 0 Å². The van der Waals surface area contributed by atoms with Gasteiger partial charge in [-0.15, -0.1) is 0 Å². The van der Waals surface area contributed by atoms with Crippen LogP contribution in [0.25, 0.3) is 0 Å². The molecule has 18 heavy (non-hydrogen) atoms. The Morgan fingerprint density at radius 1 is 1.39 bits per heavy atom. The van der Waals surface area contributed by atoms with Gasteiger partial charge in [0.1, 0.15) is 0 Å². The molecule has 2 aliphatic rings. The van der Waals surface area contributed by atoms with Crippen LogP contribution >= 0.6 is 0 Å². The number of rotatable bonds is 2. The first kappa shape index (κ1) is 12.1. The summed E-state index contributed by atoms with van der Waals surface area (Å²) in [6, 6.07) is 0.217. The molecular formula is C13H19F2N3. The maximum absolute atomic E-state index is 13.3. The molecule has 1 aromatic heterocycles. The summed E-state index contributed by atoms with van der Waals surface area (Å²) in [5, 5.41) is 7.66. The summed E-state index contributed by atoms with van der Waals surface area (Å²) in [6.07, 6.45) is 5.21. The number of alkyl halides is 2. The highest BCUT2D eigenvalue weighted by Gasteiger charge is 2.52. The number of aryl methyl sites for hydroxylation is 1. The Balaban J connectivity index is 1.75. The van der Waals surface area contributed by atoms with Crippen LogP contribution < -0.4 is 5.32 Å². The second-order valence-electron chi connectivity index (χ2n) is 5.66. The highest BCUT2D eigenvalue weighted by molar-refractivity contribution is 5.21. The van der Waals surface area contributed by atoms with Crippen LogP contribution in [0.15, 0.2) is 12.4 Å². The molecule has 1 aromatic rings. The summed E-state index contributed by atoms with van der Waals surface area (Å²) in [5.74, 6) is -2.45. The maximum Gasteiger partial charge on any atom is 0.248 e. The normalized spacial score (nSPS) is 29.2. The Morgan fingerprint density at radius 2 is 2.11 bits per heavy atom. The van der Waals surface area contributed by atoms with Crippen molar-refractivity contribution >= 4 is 0 Å². The standard InChI is InChI=1S/C13H19F2N3/c1-2-18-8-10(7-17-18)11-12(9-16-11)3-5-13(14,15)6-4-12/h7-8,11,16H,2-6,9H2,1H3. The van der Waals surface area contributed by atoms with Gasteiger partial charge < -0.3 is 5.32 Å². The molecule has 1 unspecified atom stereocenters. The van der Waals surface area contributed by atoms with E-state index in [1.807, 2.05) is 24.0 Å². The molecule has 1 N–H and O–H groups in total. The van der Waals surface area contributed by atoms with Gasteiger partial charge in [0.15, 0.2) is 0 Å². The highest BCUT2D eigenvalue weighted by Crippen LogP contribution is 2.54. The summed E-state index contributed by atoms with van der Waals surface area (Å²) in [6.45, 7) is 3.75. The Morgan fingerprint density at radius 3 is 2.61 bits per heavy atom. The molecule has 5 heteroatoms. The number of hydrogen-bond donors (Lipinski definition) is 1. The predicted molar refractivity (Wildman–Crippen MR) is 64.5 cm³/mol. The summed E-state index contributed by atoms with van der Waals surface area (Å²) >= 11 is 0. The van der Waals surface area contributed by atoms with Crippen molar-refractivity contribution in [3.63, 3.8) is 0 Å². The van der Waals surface area contributed by atoms with E-state index in [-0.39, 0.29) is 24.3 Å². The van der Waals surface area contributed by atoms with E-state index in [0.717, 1.165) is 18.7 Å². The minimum atomic E-state index is -2.45. The first-order valence-electron chi connectivity index (χ1n) is 6.68. The number of halogens is 2. The van der Waals surface area contributed by atoms with Gasteiger partial charge in [-0.2, -0.15) is 5.10 Å². The molecule has 0 bridgehead atoms. The number of nitrogens with zero attached hydrogens (tertiary/aromatic N) is 2. The molecule has 0 radical (unpaired) electrons. The SMILES string of the molecule is CCn1cc(C2NCC23CCC(F)(F)CC3)cn1. The Kier molecular flexibility index (Phi) is 2.70. The first-order chi connectivity index (χ1) is 8.55. The van der Waals surface area contributed by atoms with Crippen LogP contribution in [0.1, 0.15) is 44.2 Å². The largest absolute Gasteiger partial charge is 0.309 e. The van der Waals surface area contributed by atoms with E-state index < -0.39 is 5.92 Å². The monoisotopic (exact) mass is 255 g/mol. The predicted octanol–water partition coefficient (Wildman–Crippen LogP) is 2.74. The van der Waals surface area contributed by atoms with Gasteiger partial charge in [0, 0.05) is 49.1 Å². The topological polar surface area (TPSA) is 29.9 Å². The van der Waals surface area contributed by atoms with Gasteiger partial charge in [0.25, 0.3) is 0 Å². The van der Waals surface area contributed by atoms with Gasteiger partial charge in [-0.3, -0.25) is 4.68 Å². The minimum absolute atomic E-state index is 0.0348. The molecule has 1 saturated heterocycles. The molecule has 3 rings (SSSR count). The van der Waals surface area contributed by atoms with Crippen molar-refractivity contribution < 1.29 is 8.78 Å². The summed E-state index contributed by atoms with van der Waals surface area (Å²) in [5.41, 5.74) is 1.19. The van der Waals surface area contributed by atoms with E-state index in [4.69, 9.17) is 0 Å². The summed E-state index contributed by atoms with van der Waals surface area (Å²) < 4.78 is 28.4. The molecule has 3 nitrogen and oxygen atoms in total. The van der Waals surface area contributed by atoms with Crippen LogP contribution in [0.3, 0.4) is 0 Å². The zero-order valence-electron chi connectivity index (χ0n) is 10.6. The van der Waals surface area contributed by atoms with E-state index in [1.54, 1.807) is 0 Å². The van der Waals surface area contributed by atoms with Crippen molar-refractivity contribution in [1.29, 1.82) is 0 Å². The molecule has 0 amide bonds. The Labute approximate surface area is 106 Å². The number of nitrogens with one attached hydrogen (secondary N) is 1. The third-order valence-electron chi connectivity index (χ3n) is 4.56.